The third kappa shape index (κ3) is 2.74. The summed E-state index contributed by atoms with van der Waals surface area (Å²) in [5.74, 6) is -1.16. The highest BCUT2D eigenvalue weighted by molar-refractivity contribution is 5.99. The number of carbonyl (C=O) groups excluding carboxylic acids is 2. The quantitative estimate of drug-likeness (QED) is 0.697. The number of amides is 1. The molecule has 0 fully saturated rings. The molecule has 1 aromatic heterocycles. The molecular formula is C13H14N2O4. The molecule has 1 unspecified atom stereocenters. The number of hydrogen-bond donors (Lipinski definition) is 3. The molecule has 3 N–H and O–H groups in total. The van der Waals surface area contributed by atoms with Gasteiger partial charge in [-0.15, -0.1) is 0 Å². The monoisotopic (exact) mass is 262 g/mol. The van der Waals surface area contributed by atoms with Gasteiger partial charge < -0.3 is 20.1 Å². The Morgan fingerprint density at radius 3 is 2.79 bits per heavy atom. The van der Waals surface area contributed by atoms with Gasteiger partial charge in [-0.2, -0.15) is 0 Å². The van der Waals surface area contributed by atoms with Crippen molar-refractivity contribution in [1.82, 2.24) is 10.3 Å². The average Bonchev–Trinajstić information content (AvgIpc) is 2.87. The van der Waals surface area contributed by atoms with E-state index in [-0.39, 0.29) is 0 Å². The van der Waals surface area contributed by atoms with Crippen LogP contribution in [0.25, 0.3) is 10.9 Å². The largest absolute Gasteiger partial charge is 0.467 e. The van der Waals surface area contributed by atoms with Gasteiger partial charge in [-0.05, 0) is 12.1 Å². The van der Waals surface area contributed by atoms with Gasteiger partial charge >= 0.3 is 5.97 Å². The van der Waals surface area contributed by atoms with E-state index in [9.17, 15) is 9.59 Å². The first-order chi connectivity index (χ1) is 9.15. The maximum atomic E-state index is 11.9. The van der Waals surface area contributed by atoms with Crippen LogP contribution in [0, 0.1) is 0 Å². The molecule has 0 aliphatic heterocycles. The van der Waals surface area contributed by atoms with E-state index in [2.05, 4.69) is 15.0 Å². The van der Waals surface area contributed by atoms with Gasteiger partial charge in [-0.25, -0.2) is 4.79 Å². The van der Waals surface area contributed by atoms with Crippen molar-refractivity contribution in [3.63, 3.8) is 0 Å². The fraction of sp³-hybridized carbons (Fsp3) is 0.231. The first-order valence-electron chi connectivity index (χ1n) is 5.73. The molecule has 0 aliphatic carbocycles. The number of rotatable bonds is 4. The highest BCUT2D eigenvalue weighted by atomic mass is 16.5. The number of aromatic nitrogens is 1. The van der Waals surface area contributed by atoms with Crippen molar-refractivity contribution in [2.75, 3.05) is 13.7 Å². The number of nitrogens with one attached hydrogen (secondary N) is 2. The molecule has 0 spiro atoms. The molecule has 6 nitrogen and oxygen atoms in total. The summed E-state index contributed by atoms with van der Waals surface area (Å²) in [5.41, 5.74) is 1.15. The predicted octanol–water partition coefficient (Wildman–Crippen LogP) is 0.432. The topological polar surface area (TPSA) is 91.4 Å². The Kier molecular flexibility index (Phi) is 3.82. The lowest BCUT2D eigenvalue weighted by Gasteiger charge is -2.12. The Balaban J connectivity index is 2.17. The molecule has 6 heteroatoms. The lowest BCUT2D eigenvalue weighted by atomic mass is 10.2. The van der Waals surface area contributed by atoms with Gasteiger partial charge in [0.2, 0.25) is 0 Å². The zero-order chi connectivity index (χ0) is 13.8. The van der Waals surface area contributed by atoms with E-state index in [0.717, 1.165) is 10.9 Å². The number of ether oxygens (including phenoxy) is 1. The molecule has 100 valence electrons. The number of aromatic amines is 1. The summed E-state index contributed by atoms with van der Waals surface area (Å²) in [6.45, 7) is -0.515. The number of esters is 1. The maximum absolute atomic E-state index is 11.9. The van der Waals surface area contributed by atoms with Gasteiger partial charge in [-0.1, -0.05) is 18.2 Å². The van der Waals surface area contributed by atoms with Crippen molar-refractivity contribution >= 4 is 22.8 Å². The van der Waals surface area contributed by atoms with Crippen LogP contribution < -0.4 is 5.32 Å². The molecule has 1 amide bonds. The van der Waals surface area contributed by atoms with Gasteiger partial charge in [0, 0.05) is 10.9 Å². The summed E-state index contributed by atoms with van der Waals surface area (Å²) in [5, 5.41) is 12.3. The summed E-state index contributed by atoms with van der Waals surface area (Å²) in [6.07, 6.45) is 0. The van der Waals surface area contributed by atoms with E-state index >= 15 is 0 Å². The van der Waals surface area contributed by atoms with E-state index in [1.54, 1.807) is 6.07 Å². The lowest BCUT2D eigenvalue weighted by Crippen LogP contribution is -2.44. The third-order valence-corrected chi connectivity index (χ3v) is 2.75. The number of para-hydroxylation sites is 1. The van der Waals surface area contributed by atoms with Gasteiger partial charge in [0.1, 0.15) is 5.69 Å². The standard InChI is InChI=1S/C13H14N2O4/c1-19-13(18)11(7-16)15-12(17)10-6-8-4-2-3-5-9(8)14-10/h2-6,11,14,16H,7H2,1H3,(H,15,17). The van der Waals surface area contributed by atoms with Crippen LogP contribution in [-0.4, -0.2) is 41.7 Å². The number of fused-ring (bicyclic) bond motifs is 1. The van der Waals surface area contributed by atoms with E-state index in [1.165, 1.54) is 7.11 Å². The summed E-state index contributed by atoms with van der Waals surface area (Å²) < 4.78 is 4.48. The lowest BCUT2D eigenvalue weighted by molar-refractivity contribution is -0.143. The zero-order valence-corrected chi connectivity index (χ0v) is 10.3. The highest BCUT2D eigenvalue weighted by Crippen LogP contribution is 2.14. The minimum Gasteiger partial charge on any atom is -0.467 e. The second-order valence-corrected chi connectivity index (χ2v) is 4.00. The van der Waals surface area contributed by atoms with Crippen LogP contribution in [0.5, 0.6) is 0 Å². The predicted molar refractivity (Wildman–Crippen MR) is 68.7 cm³/mol. The Morgan fingerprint density at radius 2 is 2.16 bits per heavy atom. The van der Waals surface area contributed by atoms with Gasteiger partial charge in [0.05, 0.1) is 13.7 Å². The summed E-state index contributed by atoms with van der Waals surface area (Å²) in [7, 11) is 1.19. The van der Waals surface area contributed by atoms with Crippen molar-refractivity contribution in [3.8, 4) is 0 Å². The van der Waals surface area contributed by atoms with E-state index in [0.29, 0.717) is 5.69 Å². The Bertz CT molecular complexity index is 572. The second kappa shape index (κ2) is 5.53. The Labute approximate surface area is 109 Å². The molecule has 2 rings (SSSR count). The van der Waals surface area contributed by atoms with Crippen molar-refractivity contribution < 1.29 is 19.4 Å². The Hall–Kier alpha value is -2.34. The van der Waals surface area contributed by atoms with Gasteiger partial charge in [0.15, 0.2) is 6.04 Å². The first kappa shape index (κ1) is 13.1. The van der Waals surface area contributed by atoms with Gasteiger partial charge in [0.25, 0.3) is 5.91 Å². The zero-order valence-electron chi connectivity index (χ0n) is 10.3. The van der Waals surface area contributed by atoms with Crippen LogP contribution in [0.4, 0.5) is 0 Å². The first-order valence-corrected chi connectivity index (χ1v) is 5.73. The van der Waals surface area contributed by atoms with E-state index < -0.39 is 24.5 Å². The molecular weight excluding hydrogens is 248 g/mol. The van der Waals surface area contributed by atoms with Crippen molar-refractivity contribution in [3.05, 3.63) is 36.0 Å². The number of aliphatic hydroxyl groups is 1. The highest BCUT2D eigenvalue weighted by Gasteiger charge is 2.21. The van der Waals surface area contributed by atoms with Crippen LogP contribution in [-0.2, 0) is 9.53 Å². The normalized spacial score (nSPS) is 12.1. The van der Waals surface area contributed by atoms with Crippen LogP contribution in [0.15, 0.2) is 30.3 Å². The van der Waals surface area contributed by atoms with Crippen LogP contribution >= 0.6 is 0 Å². The fourth-order valence-electron chi connectivity index (χ4n) is 1.75. The second-order valence-electron chi connectivity index (χ2n) is 4.00. The number of carbonyl (C=O) groups is 2. The van der Waals surface area contributed by atoms with Crippen molar-refractivity contribution in [1.29, 1.82) is 0 Å². The average molecular weight is 262 g/mol. The number of methoxy groups -OCH3 is 1. The van der Waals surface area contributed by atoms with Crippen LogP contribution in [0.2, 0.25) is 0 Å². The molecule has 1 atom stereocenters. The molecule has 0 saturated heterocycles. The summed E-state index contributed by atoms with van der Waals surface area (Å²) in [6, 6.07) is 8.04. The van der Waals surface area contributed by atoms with E-state index in [1.807, 2.05) is 24.3 Å². The summed E-state index contributed by atoms with van der Waals surface area (Å²) >= 11 is 0. The number of hydrogen-bond acceptors (Lipinski definition) is 4. The molecule has 0 saturated carbocycles. The fourth-order valence-corrected chi connectivity index (χ4v) is 1.75. The van der Waals surface area contributed by atoms with Gasteiger partial charge in [-0.3, -0.25) is 4.79 Å². The van der Waals surface area contributed by atoms with Crippen LogP contribution in [0.1, 0.15) is 10.5 Å². The molecule has 0 radical (unpaired) electrons. The third-order valence-electron chi connectivity index (χ3n) is 2.75. The molecule has 1 aromatic carbocycles. The maximum Gasteiger partial charge on any atom is 0.330 e. The smallest absolute Gasteiger partial charge is 0.330 e. The molecule has 1 heterocycles. The minimum absolute atomic E-state index is 0.323. The number of H-pyrrole nitrogens is 1. The SMILES string of the molecule is COC(=O)C(CO)NC(=O)c1cc2ccccc2[nH]1. The van der Waals surface area contributed by atoms with Crippen molar-refractivity contribution in [2.24, 2.45) is 0 Å². The minimum atomic E-state index is -1.07. The molecule has 0 bridgehead atoms. The molecule has 0 aliphatic rings. The number of benzene rings is 1. The summed E-state index contributed by atoms with van der Waals surface area (Å²) in [4.78, 5) is 26.2. The van der Waals surface area contributed by atoms with E-state index in [4.69, 9.17) is 5.11 Å². The molecule has 19 heavy (non-hydrogen) atoms. The Morgan fingerprint density at radius 1 is 1.42 bits per heavy atom. The van der Waals surface area contributed by atoms with Crippen LogP contribution in [0.3, 0.4) is 0 Å². The van der Waals surface area contributed by atoms with Crippen molar-refractivity contribution in [2.45, 2.75) is 6.04 Å². The number of aliphatic hydroxyl groups excluding tert-OH is 1. The molecule has 2 aromatic rings.